The first-order valence-electron chi connectivity index (χ1n) is 6.30. The molecule has 1 atom stereocenters. The van der Waals surface area contributed by atoms with Crippen molar-refractivity contribution in [2.45, 2.75) is 33.3 Å². The molecule has 0 aromatic carbocycles. The molecule has 1 amide bonds. The first-order valence-corrected chi connectivity index (χ1v) is 6.30. The number of amides is 1. The van der Waals surface area contributed by atoms with E-state index in [2.05, 4.69) is 25.2 Å². The van der Waals surface area contributed by atoms with Gasteiger partial charge in [0.05, 0.1) is 12.6 Å². The second-order valence-electron chi connectivity index (χ2n) is 4.87. The lowest BCUT2D eigenvalue weighted by atomic mass is 10.2. The zero-order valence-electron chi connectivity index (χ0n) is 11.3. The number of hydrogen-bond donors (Lipinski definition) is 1. The van der Waals surface area contributed by atoms with E-state index < -0.39 is 0 Å². The van der Waals surface area contributed by atoms with Crippen LogP contribution in [0.4, 0.5) is 0 Å². The van der Waals surface area contributed by atoms with Crippen LogP contribution in [0.25, 0.3) is 0 Å². The largest absolute Gasteiger partial charge is 0.376 e. The molecule has 0 radical (unpaired) electrons. The molecule has 0 aromatic heterocycles. The van der Waals surface area contributed by atoms with Crippen LogP contribution in [0.3, 0.4) is 0 Å². The van der Waals surface area contributed by atoms with Crippen LogP contribution in [0, 0.1) is 5.92 Å². The molecule has 4 heteroatoms. The van der Waals surface area contributed by atoms with Crippen molar-refractivity contribution in [3.63, 3.8) is 0 Å². The second kappa shape index (κ2) is 6.77. The van der Waals surface area contributed by atoms with E-state index in [0.29, 0.717) is 12.5 Å². The van der Waals surface area contributed by atoms with Crippen molar-refractivity contribution in [1.82, 2.24) is 10.2 Å². The van der Waals surface area contributed by atoms with Crippen LogP contribution in [0.15, 0.2) is 11.8 Å². The number of carbonyl (C=O) groups excluding carboxylic acids is 1. The summed E-state index contributed by atoms with van der Waals surface area (Å²) in [7, 11) is 1.67. The highest BCUT2D eigenvalue weighted by Crippen LogP contribution is 2.19. The van der Waals surface area contributed by atoms with Crippen molar-refractivity contribution in [2.24, 2.45) is 5.92 Å². The van der Waals surface area contributed by atoms with Gasteiger partial charge in [0.15, 0.2) is 0 Å². The van der Waals surface area contributed by atoms with Gasteiger partial charge in [0.1, 0.15) is 0 Å². The van der Waals surface area contributed by atoms with E-state index in [0.717, 1.165) is 25.2 Å². The normalized spacial score (nSPS) is 17.5. The lowest BCUT2D eigenvalue weighted by molar-refractivity contribution is -0.128. The lowest BCUT2D eigenvalue weighted by Gasteiger charge is -2.24. The third-order valence-corrected chi connectivity index (χ3v) is 2.92. The predicted molar refractivity (Wildman–Crippen MR) is 68.6 cm³/mol. The molecule has 0 saturated heterocycles. The van der Waals surface area contributed by atoms with Crippen molar-refractivity contribution in [2.75, 3.05) is 26.7 Å². The fourth-order valence-corrected chi connectivity index (χ4v) is 1.92. The molecule has 17 heavy (non-hydrogen) atoms. The van der Waals surface area contributed by atoms with Gasteiger partial charge in [0.25, 0.3) is 0 Å². The average Bonchev–Trinajstić information content (AvgIpc) is 2.76. The maximum atomic E-state index is 12.0. The Labute approximate surface area is 104 Å². The number of carbonyl (C=O) groups is 1. The average molecular weight is 240 g/mol. The molecule has 0 aliphatic carbocycles. The van der Waals surface area contributed by atoms with E-state index in [1.54, 1.807) is 7.11 Å². The first-order chi connectivity index (χ1) is 8.06. The highest BCUT2D eigenvalue weighted by atomic mass is 16.5. The highest BCUT2D eigenvalue weighted by Gasteiger charge is 2.25. The van der Waals surface area contributed by atoms with Crippen LogP contribution in [-0.2, 0) is 9.53 Å². The molecule has 1 heterocycles. The maximum Gasteiger partial charge on any atom is 0.240 e. The predicted octanol–water partition coefficient (Wildman–Crippen LogP) is 1.38. The first kappa shape index (κ1) is 14.2. The number of hydrogen-bond acceptors (Lipinski definition) is 3. The molecule has 1 aliphatic heterocycles. The molecule has 1 N–H and O–H groups in total. The lowest BCUT2D eigenvalue weighted by Crippen LogP contribution is -2.39. The Kier molecular flexibility index (Phi) is 5.65. The van der Waals surface area contributed by atoms with E-state index in [4.69, 9.17) is 4.74 Å². The molecule has 1 unspecified atom stereocenters. The van der Waals surface area contributed by atoms with Crippen molar-refractivity contribution in [3.05, 3.63) is 11.8 Å². The van der Waals surface area contributed by atoms with Gasteiger partial charge in [-0.15, -0.1) is 0 Å². The van der Waals surface area contributed by atoms with Crippen LogP contribution >= 0.6 is 0 Å². The summed E-state index contributed by atoms with van der Waals surface area (Å²) in [4.78, 5) is 13.9. The second-order valence-corrected chi connectivity index (χ2v) is 4.87. The number of nitrogens with zero attached hydrogens (tertiary/aromatic N) is 1. The maximum absolute atomic E-state index is 12.0. The summed E-state index contributed by atoms with van der Waals surface area (Å²) in [6.45, 7) is 8.30. The van der Waals surface area contributed by atoms with Crippen molar-refractivity contribution in [1.29, 1.82) is 0 Å². The smallest absolute Gasteiger partial charge is 0.240 e. The van der Waals surface area contributed by atoms with E-state index in [9.17, 15) is 4.79 Å². The van der Waals surface area contributed by atoms with Gasteiger partial charge in [-0.2, -0.15) is 0 Å². The van der Waals surface area contributed by atoms with Gasteiger partial charge in [0, 0.05) is 19.4 Å². The van der Waals surface area contributed by atoms with Crippen LogP contribution in [-0.4, -0.2) is 43.7 Å². The van der Waals surface area contributed by atoms with Gasteiger partial charge >= 0.3 is 0 Å². The summed E-state index contributed by atoms with van der Waals surface area (Å²) >= 11 is 0. The summed E-state index contributed by atoms with van der Waals surface area (Å²) in [5.74, 6) is 0.701. The summed E-state index contributed by atoms with van der Waals surface area (Å²) in [6, 6.07) is 0. The Morgan fingerprint density at radius 1 is 1.53 bits per heavy atom. The van der Waals surface area contributed by atoms with Gasteiger partial charge in [-0.05, 0) is 25.8 Å². The topological polar surface area (TPSA) is 41.6 Å². The van der Waals surface area contributed by atoms with Gasteiger partial charge < -0.3 is 15.0 Å². The van der Waals surface area contributed by atoms with E-state index in [1.165, 1.54) is 0 Å². The third-order valence-electron chi connectivity index (χ3n) is 2.92. The summed E-state index contributed by atoms with van der Waals surface area (Å²) in [6.07, 6.45) is 3.01. The minimum Gasteiger partial charge on any atom is -0.376 e. The molecule has 1 rings (SSSR count). The van der Waals surface area contributed by atoms with Crippen molar-refractivity contribution < 1.29 is 9.53 Å². The molecule has 0 fully saturated rings. The van der Waals surface area contributed by atoms with Gasteiger partial charge in [-0.3, -0.25) is 4.79 Å². The van der Waals surface area contributed by atoms with Crippen LogP contribution in [0.5, 0.6) is 0 Å². The van der Waals surface area contributed by atoms with Crippen LogP contribution in [0.2, 0.25) is 0 Å². The number of ether oxygens (including phenoxy) is 1. The Hall–Kier alpha value is -0.870. The van der Waals surface area contributed by atoms with Crippen LogP contribution < -0.4 is 5.32 Å². The number of nitrogens with one attached hydrogen (secondary N) is 1. The van der Waals surface area contributed by atoms with E-state index in [1.807, 2.05) is 11.8 Å². The molecule has 0 aromatic rings. The van der Waals surface area contributed by atoms with Gasteiger partial charge in [-0.1, -0.05) is 19.9 Å². The molecular formula is C13H24N2O2. The molecule has 0 spiro atoms. The Morgan fingerprint density at radius 3 is 2.82 bits per heavy atom. The fraction of sp³-hybridized carbons (Fsp3) is 0.769. The third kappa shape index (κ3) is 4.13. The highest BCUT2D eigenvalue weighted by molar-refractivity contribution is 5.80. The van der Waals surface area contributed by atoms with E-state index >= 15 is 0 Å². The van der Waals surface area contributed by atoms with Crippen molar-refractivity contribution in [3.8, 4) is 0 Å². The zero-order valence-corrected chi connectivity index (χ0v) is 11.3. The molecule has 1 aliphatic rings. The Bertz CT molecular complexity index is 287. The minimum atomic E-state index is -0.00783. The Morgan fingerprint density at radius 2 is 2.24 bits per heavy atom. The molecule has 98 valence electrons. The molecule has 0 saturated carbocycles. The number of methoxy groups -OCH3 is 1. The summed E-state index contributed by atoms with van der Waals surface area (Å²) in [5, 5.41) is 3.18. The van der Waals surface area contributed by atoms with Gasteiger partial charge in [-0.25, -0.2) is 0 Å². The number of rotatable bonds is 6. The molecule has 0 bridgehead atoms. The van der Waals surface area contributed by atoms with E-state index in [-0.39, 0.29) is 12.0 Å². The summed E-state index contributed by atoms with van der Waals surface area (Å²) < 4.78 is 5.27. The monoisotopic (exact) mass is 240 g/mol. The fourth-order valence-electron chi connectivity index (χ4n) is 1.92. The molecular weight excluding hydrogens is 216 g/mol. The standard InChI is InChI=1S/C13H24N2O2/c1-10(2)8-14-9-13(16)15-7-5-6-12(15)11(3)17-4/h6,10-11,14H,5,7-9H2,1-4H3. The SMILES string of the molecule is COC(C)C1=CCCN1C(=O)CNCC(C)C. The Balaban J connectivity index is 2.44. The van der Waals surface area contributed by atoms with Crippen LogP contribution in [0.1, 0.15) is 27.2 Å². The summed E-state index contributed by atoms with van der Waals surface area (Å²) in [5.41, 5.74) is 1.00. The quantitative estimate of drug-likeness (QED) is 0.762. The zero-order chi connectivity index (χ0) is 12.8. The molecule has 4 nitrogen and oxygen atoms in total. The van der Waals surface area contributed by atoms with Gasteiger partial charge in [0.2, 0.25) is 5.91 Å². The van der Waals surface area contributed by atoms with Crippen molar-refractivity contribution >= 4 is 5.91 Å². The minimum absolute atomic E-state index is 0.00783.